The molecule has 2 heterocycles. The predicted octanol–water partition coefficient (Wildman–Crippen LogP) is 2.10. The van der Waals surface area contributed by atoms with E-state index >= 15 is 0 Å². The van der Waals surface area contributed by atoms with Crippen LogP contribution in [0, 0.1) is 10.1 Å². The van der Waals surface area contributed by atoms with Gasteiger partial charge in [-0.15, -0.1) is 0 Å². The average Bonchev–Trinajstić information content (AvgIpc) is 2.61. The number of hydrogen-bond donors (Lipinski definition) is 0. The molecule has 9 heteroatoms. The zero-order chi connectivity index (χ0) is 18.8. The second kappa shape index (κ2) is 6.63. The van der Waals surface area contributed by atoms with Crippen LogP contribution in [0.3, 0.4) is 0 Å². The lowest BCUT2D eigenvalue weighted by atomic mass is 10.2. The summed E-state index contributed by atoms with van der Waals surface area (Å²) >= 11 is 0. The molecule has 0 aliphatic heterocycles. The van der Waals surface area contributed by atoms with Gasteiger partial charge in [-0.05, 0) is 30.3 Å². The van der Waals surface area contributed by atoms with Crippen LogP contribution in [0.5, 0.6) is 11.6 Å². The molecule has 0 saturated heterocycles. The first kappa shape index (κ1) is 17.1. The third-order valence-corrected chi connectivity index (χ3v) is 3.56. The highest BCUT2D eigenvalue weighted by Gasteiger charge is 2.25. The number of benzene rings is 1. The van der Waals surface area contributed by atoms with Crippen molar-refractivity contribution in [1.29, 1.82) is 0 Å². The van der Waals surface area contributed by atoms with Crippen LogP contribution in [0.25, 0.3) is 5.65 Å². The molecule has 132 valence electrons. The van der Waals surface area contributed by atoms with Gasteiger partial charge >= 0.3 is 17.1 Å². The molecule has 0 aliphatic carbocycles. The summed E-state index contributed by atoms with van der Waals surface area (Å²) in [5.41, 5.74) is -1.08. The Labute approximate surface area is 147 Å². The molecule has 3 aromatic rings. The lowest BCUT2D eigenvalue weighted by Crippen LogP contribution is -2.21. The van der Waals surface area contributed by atoms with Gasteiger partial charge in [-0.2, -0.15) is 4.98 Å². The molecule has 0 fully saturated rings. The zero-order valence-corrected chi connectivity index (χ0v) is 13.9. The van der Waals surface area contributed by atoms with Gasteiger partial charge in [-0.1, -0.05) is 12.1 Å². The number of amides is 1. The van der Waals surface area contributed by atoms with Crippen molar-refractivity contribution in [3.8, 4) is 11.6 Å². The topological polar surface area (TPSA) is 107 Å². The molecule has 2 aromatic heterocycles. The molecule has 1 aromatic carbocycles. The van der Waals surface area contributed by atoms with Crippen molar-refractivity contribution in [2.24, 2.45) is 0 Å². The van der Waals surface area contributed by atoms with Crippen LogP contribution in [-0.4, -0.2) is 39.2 Å². The number of fused-ring (bicyclic) bond motifs is 1. The van der Waals surface area contributed by atoms with Crippen LogP contribution >= 0.6 is 0 Å². The molecule has 0 saturated carbocycles. The maximum Gasteiger partial charge on any atom is 0.396 e. The van der Waals surface area contributed by atoms with Gasteiger partial charge in [0, 0.05) is 25.9 Å². The van der Waals surface area contributed by atoms with E-state index in [0.717, 1.165) is 4.40 Å². The molecule has 0 N–H and O–H groups in total. The number of carbonyl (C=O) groups excluding carboxylic acids is 1. The lowest BCUT2D eigenvalue weighted by molar-refractivity contribution is -0.387. The van der Waals surface area contributed by atoms with E-state index in [2.05, 4.69) is 4.98 Å². The monoisotopic (exact) mass is 354 g/mol. The van der Waals surface area contributed by atoms with Crippen LogP contribution in [0.2, 0.25) is 0 Å². The van der Waals surface area contributed by atoms with Gasteiger partial charge in [-0.3, -0.25) is 24.1 Å². The van der Waals surface area contributed by atoms with Gasteiger partial charge in [0.15, 0.2) is 0 Å². The third kappa shape index (κ3) is 3.09. The first-order valence-electron chi connectivity index (χ1n) is 7.54. The number of pyridine rings is 1. The Morgan fingerprint density at radius 2 is 2.00 bits per heavy atom. The number of carbonyl (C=O) groups is 1. The molecule has 0 spiro atoms. The van der Waals surface area contributed by atoms with Crippen LogP contribution in [0.1, 0.15) is 10.4 Å². The van der Waals surface area contributed by atoms with Crippen LogP contribution in [0.15, 0.2) is 53.5 Å². The summed E-state index contributed by atoms with van der Waals surface area (Å²) in [6.45, 7) is 0. The highest BCUT2D eigenvalue weighted by atomic mass is 16.6. The Bertz CT molecular complexity index is 1070. The van der Waals surface area contributed by atoms with E-state index in [-0.39, 0.29) is 17.3 Å². The minimum absolute atomic E-state index is 0.160. The maximum atomic E-state index is 12.4. The van der Waals surface area contributed by atoms with Crippen molar-refractivity contribution in [3.05, 3.63) is 74.7 Å². The minimum atomic E-state index is -0.851. The predicted molar refractivity (Wildman–Crippen MR) is 92.6 cm³/mol. The Morgan fingerprint density at radius 1 is 1.23 bits per heavy atom. The smallest absolute Gasteiger partial charge is 0.396 e. The van der Waals surface area contributed by atoms with E-state index in [4.69, 9.17) is 4.74 Å². The van der Waals surface area contributed by atoms with Crippen molar-refractivity contribution >= 4 is 17.2 Å². The Balaban J connectivity index is 2.10. The first-order valence-corrected chi connectivity index (χ1v) is 7.54. The summed E-state index contributed by atoms with van der Waals surface area (Å²) < 4.78 is 6.56. The molecule has 9 nitrogen and oxygen atoms in total. The van der Waals surface area contributed by atoms with E-state index in [1.165, 1.54) is 29.3 Å². The molecule has 0 aliphatic rings. The first-order chi connectivity index (χ1) is 12.4. The Kier molecular flexibility index (Phi) is 4.36. The van der Waals surface area contributed by atoms with Crippen LogP contribution < -0.4 is 10.3 Å². The van der Waals surface area contributed by atoms with E-state index in [0.29, 0.717) is 5.56 Å². The fraction of sp³-hybridized carbons (Fsp3) is 0.118. The number of rotatable bonds is 4. The van der Waals surface area contributed by atoms with Crippen molar-refractivity contribution in [1.82, 2.24) is 14.3 Å². The largest absolute Gasteiger partial charge is 0.433 e. The summed E-state index contributed by atoms with van der Waals surface area (Å²) in [5, 5.41) is 11.4. The average molecular weight is 354 g/mol. The maximum absolute atomic E-state index is 12.4. The summed E-state index contributed by atoms with van der Waals surface area (Å²) in [5.74, 6) is -0.523. The quantitative estimate of drug-likeness (QED) is 0.524. The normalized spacial score (nSPS) is 10.5. The fourth-order valence-electron chi connectivity index (χ4n) is 2.35. The molecule has 0 atom stereocenters. The molecule has 26 heavy (non-hydrogen) atoms. The number of nitro groups is 1. The zero-order valence-electron chi connectivity index (χ0n) is 13.9. The molecule has 0 radical (unpaired) electrons. The minimum Gasteiger partial charge on any atom is -0.433 e. The van der Waals surface area contributed by atoms with Gasteiger partial charge in [-0.25, -0.2) is 0 Å². The number of nitrogens with zero attached hydrogens (tertiary/aromatic N) is 4. The molecular formula is C17H14N4O5. The van der Waals surface area contributed by atoms with E-state index < -0.39 is 22.0 Å². The second-order valence-electron chi connectivity index (χ2n) is 5.59. The van der Waals surface area contributed by atoms with Gasteiger partial charge < -0.3 is 9.64 Å². The Morgan fingerprint density at radius 3 is 2.69 bits per heavy atom. The molecule has 1 amide bonds. The molecule has 0 unspecified atom stereocenters. The Hall–Kier alpha value is -3.75. The number of hydrogen-bond acceptors (Lipinski definition) is 6. The molecular weight excluding hydrogens is 340 g/mol. The lowest BCUT2D eigenvalue weighted by Gasteiger charge is -2.11. The van der Waals surface area contributed by atoms with Gasteiger partial charge in [0.05, 0.1) is 4.92 Å². The van der Waals surface area contributed by atoms with Gasteiger partial charge in [0.1, 0.15) is 11.4 Å². The van der Waals surface area contributed by atoms with Crippen LogP contribution in [0.4, 0.5) is 5.69 Å². The summed E-state index contributed by atoms with van der Waals surface area (Å²) in [6, 6.07) is 10.9. The van der Waals surface area contributed by atoms with E-state index in [1.807, 2.05) is 0 Å². The second-order valence-corrected chi connectivity index (χ2v) is 5.59. The van der Waals surface area contributed by atoms with Gasteiger partial charge in [0.2, 0.25) is 0 Å². The van der Waals surface area contributed by atoms with Crippen molar-refractivity contribution < 1.29 is 14.5 Å². The fourth-order valence-corrected chi connectivity index (χ4v) is 2.35. The number of ether oxygens (including phenoxy) is 1. The van der Waals surface area contributed by atoms with E-state index in [1.54, 1.807) is 38.4 Å². The van der Waals surface area contributed by atoms with Crippen molar-refractivity contribution in [2.75, 3.05) is 14.1 Å². The SMILES string of the molecule is CN(C)C(=O)c1cccc(Oc2nc3ccccn3c(=O)c2[N+](=O)[O-])c1. The number of aromatic nitrogens is 2. The summed E-state index contributed by atoms with van der Waals surface area (Å²) in [4.78, 5) is 40.4. The van der Waals surface area contributed by atoms with E-state index in [9.17, 15) is 19.7 Å². The standard InChI is InChI=1S/C17H14N4O5/c1-19(2)16(22)11-6-5-7-12(10-11)26-15-14(21(24)25)17(23)20-9-4-3-8-13(20)18-15/h3-10H,1-2H3. The van der Waals surface area contributed by atoms with Gasteiger partial charge in [0.25, 0.3) is 5.91 Å². The van der Waals surface area contributed by atoms with Crippen LogP contribution in [-0.2, 0) is 0 Å². The highest BCUT2D eigenvalue weighted by molar-refractivity contribution is 5.94. The highest BCUT2D eigenvalue weighted by Crippen LogP contribution is 2.27. The summed E-state index contributed by atoms with van der Waals surface area (Å²) in [7, 11) is 3.21. The van der Waals surface area contributed by atoms with Crippen molar-refractivity contribution in [2.45, 2.75) is 0 Å². The summed E-state index contributed by atoms with van der Waals surface area (Å²) in [6.07, 6.45) is 1.39. The third-order valence-electron chi connectivity index (χ3n) is 3.56. The molecule has 3 rings (SSSR count). The molecule has 0 bridgehead atoms. The van der Waals surface area contributed by atoms with Crippen molar-refractivity contribution in [3.63, 3.8) is 0 Å².